The van der Waals surface area contributed by atoms with Gasteiger partial charge >= 0.3 is 5.97 Å². The molecule has 0 radical (unpaired) electrons. The smallest absolute Gasteiger partial charge is 0.305 e. The highest BCUT2D eigenvalue weighted by atomic mass is 32.2. The molecule has 1 aliphatic carbocycles. The maximum Gasteiger partial charge on any atom is 0.305 e. The summed E-state index contributed by atoms with van der Waals surface area (Å²) in [6.07, 6.45) is 22.1. The predicted molar refractivity (Wildman–Crippen MR) is 168 cm³/mol. The van der Waals surface area contributed by atoms with Crippen LogP contribution in [0.5, 0.6) is 0 Å². The predicted octanol–water partition coefficient (Wildman–Crippen LogP) is 7.77. The van der Waals surface area contributed by atoms with Crippen molar-refractivity contribution in [1.29, 1.82) is 0 Å². The van der Waals surface area contributed by atoms with E-state index in [0.717, 1.165) is 83.8 Å². The van der Waals surface area contributed by atoms with E-state index in [1.165, 1.54) is 31.7 Å². The van der Waals surface area contributed by atoms with E-state index in [4.69, 9.17) is 23.7 Å². The Morgan fingerprint density at radius 3 is 2.40 bits per heavy atom. The molecule has 2 aliphatic heterocycles. The minimum absolute atomic E-state index is 0.0172. The van der Waals surface area contributed by atoms with E-state index in [1.54, 1.807) is 6.92 Å². The Morgan fingerprint density at radius 1 is 1.02 bits per heavy atom. The summed E-state index contributed by atoms with van der Waals surface area (Å²) >= 11 is 1.46. The first-order valence-corrected chi connectivity index (χ1v) is 17.4. The second-order valence-corrected chi connectivity index (χ2v) is 13.6. The SMILES string of the molecule is CCCC[C@@H](C)[C@@H](/C=C/[C@@H]1[C@@H](C/C=C\CCCC(=O)OC)[C@@H](SC(C)=O)C[C@H]1OC1CCCCO1)OC1CCCCO1. The fourth-order valence-corrected chi connectivity index (χ4v) is 7.48. The fraction of sp³-hybridized carbons (Fsp3) is 0.824. The number of ether oxygens (including phenoxy) is 5. The Morgan fingerprint density at radius 2 is 1.76 bits per heavy atom. The molecule has 3 fully saturated rings. The summed E-state index contributed by atoms with van der Waals surface area (Å²) in [7, 11) is 1.43. The molecular formula is C34H56O7S. The molecule has 0 bridgehead atoms. The van der Waals surface area contributed by atoms with E-state index in [0.29, 0.717) is 12.3 Å². The summed E-state index contributed by atoms with van der Waals surface area (Å²) in [4.78, 5) is 23.8. The number of hydrogen-bond donors (Lipinski definition) is 0. The van der Waals surface area contributed by atoms with Gasteiger partial charge in [-0.3, -0.25) is 9.59 Å². The number of carbonyl (C=O) groups is 2. The molecule has 240 valence electrons. The van der Waals surface area contributed by atoms with Crippen molar-refractivity contribution in [3.05, 3.63) is 24.3 Å². The van der Waals surface area contributed by atoms with Crippen LogP contribution >= 0.6 is 11.8 Å². The first-order valence-electron chi connectivity index (χ1n) is 16.5. The summed E-state index contributed by atoms with van der Waals surface area (Å²) in [6.45, 7) is 7.69. The molecule has 8 heteroatoms. The lowest BCUT2D eigenvalue weighted by molar-refractivity contribution is -0.193. The molecular weight excluding hydrogens is 552 g/mol. The maximum atomic E-state index is 12.3. The van der Waals surface area contributed by atoms with Crippen LogP contribution in [-0.2, 0) is 33.3 Å². The second-order valence-electron chi connectivity index (χ2n) is 12.2. The number of hydrogen-bond acceptors (Lipinski definition) is 8. The van der Waals surface area contributed by atoms with Crippen molar-refractivity contribution in [2.45, 2.75) is 141 Å². The molecule has 3 rings (SSSR count). The number of allylic oxidation sites excluding steroid dienone is 2. The van der Waals surface area contributed by atoms with Crippen molar-refractivity contribution in [3.8, 4) is 0 Å². The third-order valence-electron chi connectivity index (χ3n) is 8.75. The number of unbranched alkanes of at least 4 members (excludes halogenated alkanes) is 2. The van der Waals surface area contributed by atoms with Crippen LogP contribution < -0.4 is 0 Å². The highest BCUT2D eigenvalue weighted by molar-refractivity contribution is 8.14. The topological polar surface area (TPSA) is 80.3 Å². The van der Waals surface area contributed by atoms with Gasteiger partial charge in [-0.05, 0) is 82.5 Å². The number of esters is 1. The first-order chi connectivity index (χ1) is 20.4. The quantitative estimate of drug-likeness (QED) is 0.0941. The Bertz CT molecular complexity index is 834. The van der Waals surface area contributed by atoms with Gasteiger partial charge in [-0.15, -0.1) is 0 Å². The molecule has 0 aromatic heterocycles. The highest BCUT2D eigenvalue weighted by Gasteiger charge is 2.44. The Balaban J connectivity index is 1.79. The lowest BCUT2D eigenvalue weighted by Gasteiger charge is -2.31. The minimum atomic E-state index is -0.179. The number of carbonyl (C=O) groups excluding carboxylic acids is 2. The van der Waals surface area contributed by atoms with Crippen molar-refractivity contribution in [2.24, 2.45) is 17.8 Å². The molecule has 7 nitrogen and oxygen atoms in total. The molecule has 2 unspecified atom stereocenters. The summed E-state index contributed by atoms with van der Waals surface area (Å²) in [5.74, 6) is 0.600. The molecule has 0 amide bonds. The highest BCUT2D eigenvalue weighted by Crippen LogP contribution is 2.45. The monoisotopic (exact) mass is 608 g/mol. The van der Waals surface area contributed by atoms with Crippen molar-refractivity contribution in [1.82, 2.24) is 0 Å². The van der Waals surface area contributed by atoms with E-state index < -0.39 is 0 Å². The van der Waals surface area contributed by atoms with E-state index >= 15 is 0 Å². The molecule has 0 spiro atoms. The van der Waals surface area contributed by atoms with Crippen LogP contribution in [-0.4, -0.2) is 61.4 Å². The zero-order valence-corrected chi connectivity index (χ0v) is 27.3. The zero-order valence-electron chi connectivity index (χ0n) is 26.5. The van der Waals surface area contributed by atoms with Gasteiger partial charge in [0, 0.05) is 37.7 Å². The van der Waals surface area contributed by atoms with Crippen LogP contribution in [0, 0.1) is 17.8 Å². The van der Waals surface area contributed by atoms with Gasteiger partial charge in [-0.25, -0.2) is 0 Å². The third-order valence-corrected chi connectivity index (χ3v) is 9.92. The molecule has 0 aromatic rings. The van der Waals surface area contributed by atoms with E-state index in [-0.39, 0.29) is 53.0 Å². The molecule has 0 N–H and O–H groups in total. The van der Waals surface area contributed by atoms with Crippen molar-refractivity contribution in [3.63, 3.8) is 0 Å². The normalized spacial score (nSPS) is 30.1. The van der Waals surface area contributed by atoms with E-state index in [9.17, 15) is 9.59 Å². The summed E-state index contributed by atoms with van der Waals surface area (Å²) in [6, 6.07) is 0. The fourth-order valence-electron chi connectivity index (χ4n) is 6.30. The van der Waals surface area contributed by atoms with Gasteiger partial charge in [0.05, 0.1) is 19.3 Å². The summed E-state index contributed by atoms with van der Waals surface area (Å²) < 4.78 is 30.0. The minimum Gasteiger partial charge on any atom is -0.469 e. The van der Waals surface area contributed by atoms with E-state index in [2.05, 4.69) is 38.2 Å². The number of rotatable bonds is 17. The van der Waals surface area contributed by atoms with Gasteiger partial charge in [0.1, 0.15) is 0 Å². The maximum absolute atomic E-state index is 12.3. The van der Waals surface area contributed by atoms with Crippen LogP contribution in [0.2, 0.25) is 0 Å². The molecule has 2 heterocycles. The van der Waals surface area contributed by atoms with Gasteiger partial charge in [0.2, 0.25) is 0 Å². The van der Waals surface area contributed by atoms with Crippen LogP contribution in [0.25, 0.3) is 0 Å². The lowest BCUT2D eigenvalue weighted by Crippen LogP contribution is -2.32. The van der Waals surface area contributed by atoms with Gasteiger partial charge < -0.3 is 23.7 Å². The average molecular weight is 609 g/mol. The van der Waals surface area contributed by atoms with Gasteiger partial charge in [-0.2, -0.15) is 0 Å². The first kappa shape index (κ1) is 35.3. The van der Waals surface area contributed by atoms with Crippen molar-refractivity contribution in [2.75, 3.05) is 20.3 Å². The van der Waals surface area contributed by atoms with Crippen molar-refractivity contribution < 1.29 is 33.3 Å². The number of thioether (sulfide) groups is 1. The standard InChI is InChI=1S/C34H56O7S/c1-5-6-15-25(2)29(40-33-18-11-13-22-38-33)21-20-27-28(16-9-7-8-10-17-32(36)37-4)31(42-26(3)35)24-30(27)41-34-19-12-14-23-39-34/h7,9,20-21,25,27-31,33-34H,5-6,8,10-19,22-24H2,1-4H3/b9-7-,21-20+/t25-,27-,28-,29-,30-,31+,33?,34?/m1/s1. The molecule has 42 heavy (non-hydrogen) atoms. The Labute approximate surface area is 258 Å². The lowest BCUT2D eigenvalue weighted by atomic mass is 9.89. The third kappa shape index (κ3) is 12.4. The molecule has 8 atom stereocenters. The van der Waals surface area contributed by atoms with Crippen LogP contribution in [0.15, 0.2) is 24.3 Å². The van der Waals surface area contributed by atoms with Gasteiger partial charge in [-0.1, -0.05) is 62.8 Å². The molecule has 2 saturated heterocycles. The summed E-state index contributed by atoms with van der Waals surface area (Å²) in [5, 5.41) is 0.317. The zero-order chi connectivity index (χ0) is 30.2. The van der Waals surface area contributed by atoms with Crippen LogP contribution in [0.1, 0.15) is 111 Å². The van der Waals surface area contributed by atoms with Gasteiger partial charge in [0.25, 0.3) is 0 Å². The largest absolute Gasteiger partial charge is 0.469 e. The van der Waals surface area contributed by atoms with Crippen molar-refractivity contribution >= 4 is 22.8 Å². The average Bonchev–Trinajstić information content (AvgIpc) is 3.30. The summed E-state index contributed by atoms with van der Waals surface area (Å²) in [5.41, 5.74) is 0. The van der Waals surface area contributed by atoms with E-state index in [1.807, 2.05) is 0 Å². The second kappa shape index (κ2) is 20.0. The Kier molecular flexibility index (Phi) is 16.8. The molecule has 1 saturated carbocycles. The molecule has 0 aromatic carbocycles. The number of methoxy groups -OCH3 is 1. The van der Waals surface area contributed by atoms with Crippen LogP contribution in [0.3, 0.4) is 0 Å². The Hall–Kier alpha value is -1.19. The molecule has 3 aliphatic rings. The van der Waals surface area contributed by atoms with Crippen LogP contribution in [0.4, 0.5) is 0 Å². The van der Waals surface area contributed by atoms with Gasteiger partial charge in [0.15, 0.2) is 17.7 Å².